The van der Waals surface area contributed by atoms with Gasteiger partial charge in [-0.3, -0.25) is 9.53 Å². The molecule has 3 aromatic rings. The van der Waals surface area contributed by atoms with Crippen LogP contribution in [0.25, 0.3) is 0 Å². The van der Waals surface area contributed by atoms with E-state index in [1.807, 2.05) is 6.92 Å². The number of hydrogen-bond acceptors (Lipinski definition) is 5. The van der Waals surface area contributed by atoms with E-state index in [2.05, 4.69) is 20.3 Å². The van der Waals surface area contributed by atoms with E-state index in [9.17, 15) is 31.1 Å². The number of anilines is 1. The Hall–Kier alpha value is -3.45. The highest BCUT2D eigenvalue weighted by atomic mass is 19.4. The molecule has 0 unspecified atom stereocenters. The largest absolute Gasteiger partial charge is 0.522 e. The number of ether oxygens (including phenoxy) is 1. The maximum atomic E-state index is 14.1. The third-order valence-corrected chi connectivity index (χ3v) is 7.64. The van der Waals surface area contributed by atoms with Gasteiger partial charge in [0, 0.05) is 30.4 Å². The lowest BCUT2D eigenvalue weighted by atomic mass is 9.78. The fraction of sp³-hybridized carbons (Fsp3) is 0.444. The predicted molar refractivity (Wildman–Crippen MR) is 132 cm³/mol. The van der Waals surface area contributed by atoms with Gasteiger partial charge in [-0.05, 0) is 67.1 Å². The van der Waals surface area contributed by atoms with Crippen LogP contribution in [0.15, 0.2) is 42.7 Å². The number of alkyl halides is 6. The third kappa shape index (κ3) is 5.71. The van der Waals surface area contributed by atoms with Crippen molar-refractivity contribution in [2.24, 2.45) is 7.05 Å². The highest BCUT2D eigenvalue weighted by Crippen LogP contribution is 2.40. The van der Waals surface area contributed by atoms with Crippen molar-refractivity contribution in [2.75, 3.05) is 11.5 Å². The fourth-order valence-electron chi connectivity index (χ4n) is 5.25. The van der Waals surface area contributed by atoms with Crippen LogP contribution in [0.3, 0.4) is 0 Å². The first kappa shape index (κ1) is 28.1. The Balaban J connectivity index is 1.47. The molecule has 214 valence electrons. The van der Waals surface area contributed by atoms with Crippen molar-refractivity contribution in [1.82, 2.24) is 20.1 Å². The number of carbonyl (C=O) groups excluding carboxylic acids is 1. The second-order valence-corrected chi connectivity index (χ2v) is 10.5. The van der Waals surface area contributed by atoms with Crippen molar-refractivity contribution >= 4 is 11.6 Å². The summed E-state index contributed by atoms with van der Waals surface area (Å²) in [6.07, 6.45) is -5.33. The Labute approximate surface area is 226 Å². The van der Waals surface area contributed by atoms with Crippen LogP contribution in [0.4, 0.5) is 32.0 Å². The number of halogens is 6. The molecule has 1 amide bonds. The first-order valence-corrected chi connectivity index (χ1v) is 12.7. The molecule has 2 aromatic carbocycles. The van der Waals surface area contributed by atoms with Crippen molar-refractivity contribution in [3.8, 4) is 0 Å². The second-order valence-electron chi connectivity index (χ2n) is 10.5. The highest BCUT2D eigenvalue weighted by molar-refractivity contribution is 6.10. The molecule has 0 bridgehead atoms. The Bertz CT molecular complexity index is 1410. The van der Waals surface area contributed by atoms with E-state index in [4.69, 9.17) is 0 Å². The van der Waals surface area contributed by atoms with Crippen molar-refractivity contribution in [3.05, 3.63) is 76.4 Å². The molecule has 1 atom stereocenters. The molecule has 40 heavy (non-hydrogen) atoms. The number of aryl methyl sites for hydroxylation is 1. The molecule has 1 fully saturated rings. The average molecular weight is 568 g/mol. The van der Waals surface area contributed by atoms with Crippen LogP contribution < -0.4 is 10.2 Å². The number of nitrogens with one attached hydrogen (secondary N) is 1. The van der Waals surface area contributed by atoms with Crippen molar-refractivity contribution in [2.45, 2.75) is 63.3 Å². The average Bonchev–Trinajstić information content (AvgIpc) is 3.43. The van der Waals surface area contributed by atoms with Gasteiger partial charge in [0.15, 0.2) is 0 Å². The maximum Gasteiger partial charge on any atom is 0.522 e. The van der Waals surface area contributed by atoms with Gasteiger partial charge < -0.3 is 14.8 Å². The molecule has 0 radical (unpaired) electrons. The van der Waals surface area contributed by atoms with E-state index < -0.39 is 36.5 Å². The van der Waals surface area contributed by atoms with Gasteiger partial charge in [-0.1, -0.05) is 12.1 Å². The normalized spacial score (nSPS) is 17.6. The maximum absolute atomic E-state index is 14.1. The molecule has 0 spiro atoms. The Morgan fingerprint density at radius 2 is 1.88 bits per heavy atom. The van der Waals surface area contributed by atoms with Gasteiger partial charge in [-0.25, -0.2) is 0 Å². The molecule has 5 rings (SSSR count). The van der Waals surface area contributed by atoms with E-state index in [-0.39, 0.29) is 41.3 Å². The molecule has 2 heterocycles. The van der Waals surface area contributed by atoms with Crippen LogP contribution in [0.2, 0.25) is 0 Å². The van der Waals surface area contributed by atoms with Crippen LogP contribution >= 0.6 is 0 Å². The number of benzene rings is 2. The zero-order chi connectivity index (χ0) is 28.9. The number of hydrogen-bond donors (Lipinski definition) is 1. The van der Waals surface area contributed by atoms with Gasteiger partial charge in [0.1, 0.15) is 12.2 Å². The van der Waals surface area contributed by atoms with Gasteiger partial charge in [-0.15, -0.1) is 23.4 Å². The molecule has 2 aliphatic rings. The Kier molecular flexibility index (Phi) is 7.15. The smallest absolute Gasteiger partial charge is 0.320 e. The number of amides is 1. The SMILES string of the molecule is Cn1cnnc1[C@H](COC(F)(F)F)c1cccc(N2Cc3c(cc(CNC4(C)CCC4)cc3C(F)(F)F)C2=O)c1. The minimum Gasteiger partial charge on any atom is -0.320 e. The lowest BCUT2D eigenvalue weighted by Crippen LogP contribution is -2.47. The molecule has 7 nitrogen and oxygen atoms in total. The topological polar surface area (TPSA) is 72.3 Å². The molecule has 0 saturated heterocycles. The summed E-state index contributed by atoms with van der Waals surface area (Å²) in [6, 6.07) is 8.64. The van der Waals surface area contributed by atoms with Crippen molar-refractivity contribution in [3.63, 3.8) is 0 Å². The zero-order valence-corrected chi connectivity index (χ0v) is 21.7. The number of nitrogens with zero attached hydrogens (tertiary/aromatic N) is 4. The first-order valence-electron chi connectivity index (χ1n) is 12.7. The van der Waals surface area contributed by atoms with Crippen LogP contribution in [-0.2, 0) is 31.1 Å². The number of fused-ring (bicyclic) bond motifs is 1. The first-order chi connectivity index (χ1) is 18.7. The van der Waals surface area contributed by atoms with Crippen molar-refractivity contribution in [1.29, 1.82) is 0 Å². The van der Waals surface area contributed by atoms with E-state index in [1.54, 1.807) is 13.1 Å². The lowest BCUT2D eigenvalue weighted by Gasteiger charge is -2.39. The van der Waals surface area contributed by atoms with E-state index in [0.717, 1.165) is 25.3 Å². The fourth-order valence-corrected chi connectivity index (χ4v) is 5.25. The van der Waals surface area contributed by atoms with Crippen LogP contribution in [0.5, 0.6) is 0 Å². The number of carbonyl (C=O) groups is 1. The lowest BCUT2D eigenvalue weighted by molar-refractivity contribution is -0.325. The second kappa shape index (κ2) is 10.2. The summed E-state index contributed by atoms with van der Waals surface area (Å²) in [5.41, 5.74) is -0.252. The van der Waals surface area contributed by atoms with Crippen molar-refractivity contribution < 1.29 is 35.9 Å². The summed E-state index contributed by atoms with van der Waals surface area (Å²) in [5.74, 6) is -1.43. The molecule has 1 aromatic heterocycles. The van der Waals surface area contributed by atoms with E-state index in [0.29, 0.717) is 11.1 Å². The summed E-state index contributed by atoms with van der Waals surface area (Å²) < 4.78 is 86.6. The van der Waals surface area contributed by atoms with Crippen LogP contribution in [0.1, 0.15) is 70.5 Å². The predicted octanol–water partition coefficient (Wildman–Crippen LogP) is 5.69. The molecule has 1 aliphatic carbocycles. The number of rotatable bonds is 8. The van der Waals surface area contributed by atoms with Gasteiger partial charge in [-0.2, -0.15) is 13.2 Å². The summed E-state index contributed by atoms with van der Waals surface area (Å²) in [5, 5.41) is 10.9. The van der Waals surface area contributed by atoms with Gasteiger partial charge in [0.2, 0.25) is 0 Å². The summed E-state index contributed by atoms with van der Waals surface area (Å²) >= 11 is 0. The quantitative estimate of drug-likeness (QED) is 0.354. The minimum atomic E-state index is -4.89. The molecular formula is C27H27F6N5O2. The minimum absolute atomic E-state index is 0.0407. The Morgan fingerprint density at radius 3 is 2.48 bits per heavy atom. The molecule has 1 N–H and O–H groups in total. The van der Waals surface area contributed by atoms with Gasteiger partial charge in [0.05, 0.1) is 24.6 Å². The van der Waals surface area contributed by atoms with Gasteiger partial charge in [0.25, 0.3) is 5.91 Å². The van der Waals surface area contributed by atoms with Crippen LogP contribution in [0, 0.1) is 0 Å². The third-order valence-electron chi connectivity index (χ3n) is 7.64. The van der Waals surface area contributed by atoms with E-state index >= 15 is 0 Å². The summed E-state index contributed by atoms with van der Waals surface area (Å²) in [4.78, 5) is 14.7. The molecule has 1 aliphatic heterocycles. The van der Waals surface area contributed by atoms with Crippen LogP contribution in [-0.4, -0.2) is 39.2 Å². The molecule has 13 heteroatoms. The summed E-state index contributed by atoms with van der Waals surface area (Å²) in [6.45, 7) is 1.07. The van der Waals surface area contributed by atoms with Gasteiger partial charge >= 0.3 is 12.5 Å². The molecule has 1 saturated carbocycles. The van der Waals surface area contributed by atoms with E-state index in [1.165, 1.54) is 40.1 Å². The summed E-state index contributed by atoms with van der Waals surface area (Å²) in [7, 11) is 1.57. The monoisotopic (exact) mass is 567 g/mol. The molecular weight excluding hydrogens is 540 g/mol. The number of aromatic nitrogens is 3. The standard InChI is InChI=1S/C27H27F6N5O2/c1-25(7-4-8-25)34-12-16-9-19-20(22(10-16)26(28,29)30)13-38(24(19)39)18-6-3-5-17(11-18)21(14-40-27(31,32)33)23-36-35-15-37(23)2/h3,5-6,9-11,15,21,34H,4,7-8,12-14H2,1-2H3/t21-/m1/s1. The zero-order valence-electron chi connectivity index (χ0n) is 21.7. The highest BCUT2D eigenvalue weighted by Gasteiger charge is 2.41. The Morgan fingerprint density at radius 1 is 1.12 bits per heavy atom.